The predicted molar refractivity (Wildman–Crippen MR) is 76.3 cm³/mol. The Bertz CT molecular complexity index is 363. The average molecular weight is 278 g/mol. The molecule has 0 bridgehead atoms. The van der Waals surface area contributed by atoms with E-state index in [1.807, 2.05) is 0 Å². The van der Waals surface area contributed by atoms with Crippen LogP contribution >= 0.6 is 0 Å². The summed E-state index contributed by atoms with van der Waals surface area (Å²) in [5.74, 6) is 2.63. The molecule has 0 aromatic carbocycles. The van der Waals surface area contributed by atoms with E-state index in [-0.39, 0.29) is 0 Å². The van der Waals surface area contributed by atoms with Crippen LogP contribution in [0.15, 0.2) is 0 Å². The van der Waals surface area contributed by atoms with Crippen LogP contribution in [-0.2, 0) is 9.53 Å². The summed E-state index contributed by atoms with van der Waals surface area (Å²) in [6.45, 7) is 5.92. The molecule has 4 fully saturated rings. The molecule has 3 atom stereocenters. The molecule has 3 unspecified atom stereocenters. The molecule has 2 heterocycles. The van der Waals surface area contributed by atoms with Gasteiger partial charge in [-0.05, 0) is 43.9 Å². The van der Waals surface area contributed by atoms with Crippen LogP contribution in [0.2, 0.25) is 0 Å². The minimum Gasteiger partial charge on any atom is -0.377 e. The molecule has 0 aromatic rings. The molecular formula is C16H26N2O2. The van der Waals surface area contributed by atoms with Crippen molar-refractivity contribution in [2.24, 2.45) is 17.8 Å². The molecule has 4 nitrogen and oxygen atoms in total. The van der Waals surface area contributed by atoms with Gasteiger partial charge in [0.05, 0.1) is 6.10 Å². The third kappa shape index (κ3) is 2.60. The molecule has 0 N–H and O–H groups in total. The first kappa shape index (κ1) is 13.1. The Morgan fingerprint density at radius 2 is 1.80 bits per heavy atom. The standard InChI is InChI=1S/C16H26N2O2/c19-16(14-9-12-8-13(12)10-14)18-5-3-17(4-6-18)11-15-2-1-7-20-15/h12-15H,1-11H2. The molecule has 0 aromatic heterocycles. The van der Waals surface area contributed by atoms with Crippen molar-refractivity contribution < 1.29 is 9.53 Å². The van der Waals surface area contributed by atoms with Gasteiger partial charge in [-0.3, -0.25) is 9.69 Å². The van der Waals surface area contributed by atoms with Gasteiger partial charge < -0.3 is 9.64 Å². The summed E-state index contributed by atoms with van der Waals surface area (Å²) < 4.78 is 5.71. The first-order chi connectivity index (χ1) is 9.79. The Morgan fingerprint density at radius 1 is 1.05 bits per heavy atom. The van der Waals surface area contributed by atoms with Crippen molar-refractivity contribution in [3.63, 3.8) is 0 Å². The van der Waals surface area contributed by atoms with Gasteiger partial charge in [-0.1, -0.05) is 0 Å². The number of fused-ring (bicyclic) bond motifs is 1. The van der Waals surface area contributed by atoms with Crippen molar-refractivity contribution in [3.05, 3.63) is 0 Å². The van der Waals surface area contributed by atoms with Crippen molar-refractivity contribution in [3.8, 4) is 0 Å². The van der Waals surface area contributed by atoms with Crippen molar-refractivity contribution in [1.29, 1.82) is 0 Å². The largest absolute Gasteiger partial charge is 0.377 e. The summed E-state index contributed by atoms with van der Waals surface area (Å²) >= 11 is 0. The third-order valence-corrected chi connectivity index (χ3v) is 5.76. The van der Waals surface area contributed by atoms with E-state index in [2.05, 4.69) is 9.80 Å². The summed E-state index contributed by atoms with van der Waals surface area (Å²) in [5, 5.41) is 0. The minimum atomic E-state index is 0.364. The summed E-state index contributed by atoms with van der Waals surface area (Å²) in [6, 6.07) is 0. The molecule has 0 radical (unpaired) electrons. The first-order valence-electron chi connectivity index (χ1n) is 8.42. The lowest BCUT2D eigenvalue weighted by Gasteiger charge is -2.37. The summed E-state index contributed by atoms with van der Waals surface area (Å²) in [6.07, 6.45) is 6.63. The van der Waals surface area contributed by atoms with Crippen LogP contribution in [-0.4, -0.2) is 61.1 Å². The van der Waals surface area contributed by atoms with Crippen LogP contribution < -0.4 is 0 Å². The van der Waals surface area contributed by atoms with Crippen molar-refractivity contribution in [2.45, 2.75) is 38.2 Å². The van der Waals surface area contributed by atoms with E-state index in [1.165, 1.54) is 32.1 Å². The fraction of sp³-hybridized carbons (Fsp3) is 0.938. The summed E-state index contributed by atoms with van der Waals surface area (Å²) in [5.41, 5.74) is 0. The number of hydrogen-bond donors (Lipinski definition) is 0. The highest BCUT2D eigenvalue weighted by Crippen LogP contribution is 2.54. The quantitative estimate of drug-likeness (QED) is 0.781. The van der Waals surface area contributed by atoms with Crippen LogP contribution in [0.25, 0.3) is 0 Å². The SMILES string of the molecule is O=C(C1CC2CC2C1)N1CCN(CC2CCCO2)CC1. The van der Waals surface area contributed by atoms with E-state index >= 15 is 0 Å². The van der Waals surface area contributed by atoms with Gasteiger partial charge in [-0.25, -0.2) is 0 Å². The predicted octanol–water partition coefficient (Wildman–Crippen LogP) is 1.36. The van der Waals surface area contributed by atoms with E-state index in [1.54, 1.807) is 0 Å². The lowest BCUT2D eigenvalue weighted by molar-refractivity contribution is -0.137. The zero-order valence-electron chi connectivity index (χ0n) is 12.3. The number of piperazine rings is 1. The van der Waals surface area contributed by atoms with Gasteiger partial charge >= 0.3 is 0 Å². The molecule has 2 saturated carbocycles. The normalized spacial score (nSPS) is 40.9. The van der Waals surface area contributed by atoms with Gasteiger partial charge in [0.15, 0.2) is 0 Å². The molecule has 4 rings (SSSR count). The van der Waals surface area contributed by atoms with Crippen LogP contribution in [0.4, 0.5) is 0 Å². The maximum Gasteiger partial charge on any atom is 0.225 e. The molecule has 20 heavy (non-hydrogen) atoms. The Morgan fingerprint density at radius 3 is 2.45 bits per heavy atom. The fourth-order valence-corrected chi connectivity index (χ4v) is 4.40. The second-order valence-corrected chi connectivity index (χ2v) is 7.19. The molecule has 4 heteroatoms. The minimum absolute atomic E-state index is 0.364. The Hall–Kier alpha value is -0.610. The molecule has 4 aliphatic rings. The van der Waals surface area contributed by atoms with Gasteiger partial charge in [-0.2, -0.15) is 0 Å². The average Bonchev–Trinajstić information content (AvgIpc) is 2.90. The number of rotatable bonds is 3. The highest BCUT2D eigenvalue weighted by molar-refractivity contribution is 5.79. The smallest absolute Gasteiger partial charge is 0.225 e. The van der Waals surface area contributed by atoms with Crippen molar-refractivity contribution >= 4 is 5.91 Å². The number of nitrogens with zero attached hydrogens (tertiary/aromatic N) is 2. The molecule has 2 saturated heterocycles. The maximum absolute atomic E-state index is 12.5. The zero-order valence-corrected chi connectivity index (χ0v) is 12.3. The highest BCUT2D eigenvalue weighted by Gasteiger charge is 2.48. The number of carbonyl (C=O) groups is 1. The van der Waals surface area contributed by atoms with Gasteiger partial charge in [0.2, 0.25) is 5.91 Å². The van der Waals surface area contributed by atoms with E-state index in [9.17, 15) is 4.79 Å². The van der Waals surface area contributed by atoms with Gasteiger partial charge in [0.1, 0.15) is 0 Å². The van der Waals surface area contributed by atoms with E-state index < -0.39 is 0 Å². The van der Waals surface area contributed by atoms with Gasteiger partial charge in [-0.15, -0.1) is 0 Å². The monoisotopic (exact) mass is 278 g/mol. The van der Waals surface area contributed by atoms with Crippen LogP contribution in [0.5, 0.6) is 0 Å². The first-order valence-corrected chi connectivity index (χ1v) is 8.42. The van der Waals surface area contributed by atoms with E-state index in [0.29, 0.717) is 17.9 Å². The Balaban J connectivity index is 1.23. The van der Waals surface area contributed by atoms with Gasteiger partial charge in [0, 0.05) is 45.2 Å². The molecule has 112 valence electrons. The number of ether oxygens (including phenoxy) is 1. The van der Waals surface area contributed by atoms with Gasteiger partial charge in [0.25, 0.3) is 0 Å². The summed E-state index contributed by atoms with van der Waals surface area (Å²) in [7, 11) is 0. The van der Waals surface area contributed by atoms with Crippen molar-refractivity contribution in [2.75, 3.05) is 39.3 Å². The summed E-state index contributed by atoms with van der Waals surface area (Å²) in [4.78, 5) is 17.1. The van der Waals surface area contributed by atoms with E-state index in [0.717, 1.165) is 51.2 Å². The molecule has 1 amide bonds. The fourth-order valence-electron chi connectivity index (χ4n) is 4.40. The lowest BCUT2D eigenvalue weighted by Crippen LogP contribution is -2.51. The molecule has 0 spiro atoms. The lowest BCUT2D eigenvalue weighted by atomic mass is 10.0. The zero-order chi connectivity index (χ0) is 13.5. The molecule has 2 aliphatic heterocycles. The van der Waals surface area contributed by atoms with Crippen LogP contribution in [0.3, 0.4) is 0 Å². The number of amides is 1. The Kier molecular flexibility index (Phi) is 3.47. The number of carbonyl (C=O) groups excluding carboxylic acids is 1. The van der Waals surface area contributed by atoms with E-state index in [4.69, 9.17) is 4.74 Å². The second-order valence-electron chi connectivity index (χ2n) is 7.19. The third-order valence-electron chi connectivity index (χ3n) is 5.76. The number of hydrogen-bond acceptors (Lipinski definition) is 3. The van der Waals surface area contributed by atoms with Crippen molar-refractivity contribution in [1.82, 2.24) is 9.80 Å². The highest BCUT2D eigenvalue weighted by atomic mass is 16.5. The Labute approximate surface area is 121 Å². The molecule has 2 aliphatic carbocycles. The van der Waals surface area contributed by atoms with Crippen LogP contribution in [0.1, 0.15) is 32.1 Å². The topological polar surface area (TPSA) is 32.8 Å². The molecular weight excluding hydrogens is 252 g/mol. The maximum atomic E-state index is 12.5. The second kappa shape index (κ2) is 5.30. The van der Waals surface area contributed by atoms with Crippen LogP contribution in [0, 0.1) is 17.8 Å².